The second kappa shape index (κ2) is 19.3. The van der Waals surface area contributed by atoms with Crippen LogP contribution in [0, 0.1) is 0 Å². The molecule has 2 aromatic rings. The third-order valence-electron chi connectivity index (χ3n) is 5.98. The Bertz CT molecular complexity index is 1060. The summed E-state index contributed by atoms with van der Waals surface area (Å²) in [6.07, 6.45) is 14.1. The third-order valence-corrected chi connectivity index (χ3v) is 6.83. The molecule has 0 saturated carbocycles. The maximum Gasteiger partial charge on any atom is 0.338 e. The van der Waals surface area contributed by atoms with E-state index in [1.54, 1.807) is 0 Å². The minimum atomic E-state index is -4.48. The van der Waals surface area contributed by atoms with E-state index in [1.165, 1.54) is 69.8 Å². The zero-order chi connectivity index (χ0) is 28.2. The standard InChI is InChI=1S/C19H33N.C10H10O7S/c1-2-3-4-5-6-7-8-9-10-14-17-20-18-19-15-12-11-13-16-19;1-16-9(11)7-4-3-6(18(13,14)15)5-8(7)10(12)17-2/h11-13,15-16,20H,2-10,14,17-18H2,1H3;3-5H,1-2H3,(H,13,14,15). The fraction of sp³-hybridized carbons (Fsp3) is 0.517. The quantitative estimate of drug-likeness (QED) is 0.144. The second-order valence-electron chi connectivity index (χ2n) is 9.01. The van der Waals surface area contributed by atoms with Crippen LogP contribution in [-0.4, -0.2) is 45.7 Å². The summed E-state index contributed by atoms with van der Waals surface area (Å²) >= 11 is 0. The smallest absolute Gasteiger partial charge is 0.338 e. The highest BCUT2D eigenvalue weighted by Crippen LogP contribution is 2.18. The van der Waals surface area contributed by atoms with Crippen molar-refractivity contribution in [1.82, 2.24) is 5.32 Å². The molecule has 0 heterocycles. The summed E-state index contributed by atoms with van der Waals surface area (Å²) in [4.78, 5) is 22.3. The summed E-state index contributed by atoms with van der Waals surface area (Å²) in [5.41, 5.74) is 0.927. The van der Waals surface area contributed by atoms with Crippen molar-refractivity contribution in [3.8, 4) is 0 Å². The van der Waals surface area contributed by atoms with E-state index < -0.39 is 27.0 Å². The molecule has 0 unspecified atom stereocenters. The molecule has 2 N–H and O–H groups in total. The molecule has 0 spiro atoms. The number of carbonyl (C=O) groups is 2. The van der Waals surface area contributed by atoms with E-state index in [0.717, 1.165) is 45.5 Å². The molecule has 0 atom stereocenters. The van der Waals surface area contributed by atoms with E-state index in [9.17, 15) is 18.0 Å². The summed E-state index contributed by atoms with van der Waals surface area (Å²) in [6, 6.07) is 13.5. The van der Waals surface area contributed by atoms with Crippen LogP contribution in [0.4, 0.5) is 0 Å². The van der Waals surface area contributed by atoms with Crippen molar-refractivity contribution < 1.29 is 32.0 Å². The first-order valence-corrected chi connectivity index (χ1v) is 14.7. The van der Waals surface area contributed by atoms with Crippen molar-refractivity contribution in [3.05, 3.63) is 65.2 Å². The Morgan fingerprint density at radius 1 is 0.763 bits per heavy atom. The van der Waals surface area contributed by atoms with Gasteiger partial charge in [0.2, 0.25) is 0 Å². The molecule has 8 nitrogen and oxygen atoms in total. The number of benzene rings is 2. The van der Waals surface area contributed by atoms with E-state index in [1.807, 2.05) is 0 Å². The zero-order valence-electron chi connectivity index (χ0n) is 22.9. The average Bonchev–Trinajstić information content (AvgIpc) is 2.92. The van der Waals surface area contributed by atoms with Gasteiger partial charge in [0, 0.05) is 6.54 Å². The average molecular weight is 550 g/mol. The topological polar surface area (TPSA) is 119 Å². The predicted octanol–water partition coefficient (Wildman–Crippen LogP) is 6.20. The maximum atomic E-state index is 11.4. The van der Waals surface area contributed by atoms with E-state index >= 15 is 0 Å². The van der Waals surface area contributed by atoms with E-state index in [4.69, 9.17) is 4.55 Å². The van der Waals surface area contributed by atoms with Crippen molar-refractivity contribution >= 4 is 22.1 Å². The van der Waals surface area contributed by atoms with Crippen molar-refractivity contribution in [3.63, 3.8) is 0 Å². The van der Waals surface area contributed by atoms with Gasteiger partial charge in [0.05, 0.1) is 30.2 Å². The highest BCUT2D eigenvalue weighted by atomic mass is 32.2. The van der Waals surface area contributed by atoms with Crippen molar-refractivity contribution in [1.29, 1.82) is 0 Å². The Morgan fingerprint density at radius 3 is 1.82 bits per heavy atom. The Kier molecular flexibility index (Phi) is 16.9. The van der Waals surface area contributed by atoms with Gasteiger partial charge in [0.25, 0.3) is 10.1 Å². The lowest BCUT2D eigenvalue weighted by Gasteiger charge is -2.07. The first kappa shape index (κ1) is 33.3. The lowest BCUT2D eigenvalue weighted by atomic mass is 10.1. The van der Waals surface area contributed by atoms with Gasteiger partial charge >= 0.3 is 11.9 Å². The number of esters is 2. The van der Waals surface area contributed by atoms with Crippen LogP contribution in [0.25, 0.3) is 0 Å². The Hall–Kier alpha value is -2.75. The summed E-state index contributed by atoms with van der Waals surface area (Å²) in [5, 5.41) is 3.53. The number of carbonyl (C=O) groups excluding carboxylic acids is 2. The molecule has 0 aliphatic heterocycles. The molecule has 2 rings (SSSR count). The maximum absolute atomic E-state index is 11.4. The lowest BCUT2D eigenvalue weighted by molar-refractivity contribution is 0.0555. The molecule has 0 aromatic heterocycles. The number of hydrogen-bond acceptors (Lipinski definition) is 7. The number of unbranched alkanes of at least 4 members (excludes halogenated alkanes) is 9. The molecule has 0 saturated heterocycles. The van der Waals surface area contributed by atoms with Crippen molar-refractivity contribution in [2.24, 2.45) is 0 Å². The van der Waals surface area contributed by atoms with Gasteiger partial charge in [-0.3, -0.25) is 4.55 Å². The Morgan fingerprint density at radius 2 is 1.29 bits per heavy atom. The molecule has 38 heavy (non-hydrogen) atoms. The highest BCUT2D eigenvalue weighted by molar-refractivity contribution is 7.85. The number of rotatable bonds is 16. The lowest BCUT2D eigenvalue weighted by Crippen LogP contribution is -2.14. The van der Waals surface area contributed by atoms with Gasteiger partial charge in [-0.2, -0.15) is 8.42 Å². The molecular weight excluding hydrogens is 506 g/mol. The molecule has 9 heteroatoms. The molecule has 0 fully saturated rings. The SMILES string of the molecule is CCCCCCCCCCCCNCc1ccccc1.COC(=O)c1ccc(S(=O)(=O)O)cc1C(=O)OC. The summed E-state index contributed by atoms with van der Waals surface area (Å²) in [7, 11) is -2.29. The Balaban J connectivity index is 0.000000382. The van der Waals surface area contributed by atoms with Crippen molar-refractivity contribution in [2.75, 3.05) is 20.8 Å². The second-order valence-corrected chi connectivity index (χ2v) is 10.4. The molecule has 0 radical (unpaired) electrons. The van der Waals surface area contributed by atoms with Crippen LogP contribution in [0.1, 0.15) is 97.4 Å². The zero-order valence-corrected chi connectivity index (χ0v) is 23.7. The molecule has 0 aliphatic carbocycles. The van der Waals surface area contributed by atoms with E-state index in [-0.39, 0.29) is 11.1 Å². The Labute approximate surface area is 227 Å². The molecule has 0 amide bonds. The van der Waals surface area contributed by atoms with Gasteiger partial charge in [-0.15, -0.1) is 0 Å². The van der Waals surface area contributed by atoms with Crippen LogP contribution in [0.5, 0.6) is 0 Å². The summed E-state index contributed by atoms with van der Waals surface area (Å²) in [6.45, 7) is 4.45. The predicted molar refractivity (Wildman–Crippen MR) is 149 cm³/mol. The van der Waals surface area contributed by atoms with Gasteiger partial charge in [0.1, 0.15) is 0 Å². The van der Waals surface area contributed by atoms with E-state index in [2.05, 4.69) is 52.0 Å². The molecule has 0 bridgehead atoms. The van der Waals surface area contributed by atoms with Gasteiger partial charge in [-0.1, -0.05) is 95.0 Å². The van der Waals surface area contributed by atoms with Gasteiger partial charge in [0.15, 0.2) is 0 Å². The van der Waals surface area contributed by atoms with Crippen LogP contribution < -0.4 is 5.32 Å². The molecule has 212 valence electrons. The summed E-state index contributed by atoms with van der Waals surface area (Å²) < 4.78 is 39.6. The third kappa shape index (κ3) is 13.7. The van der Waals surface area contributed by atoms with Gasteiger partial charge in [-0.05, 0) is 36.7 Å². The van der Waals surface area contributed by atoms with Gasteiger partial charge in [-0.25, -0.2) is 9.59 Å². The van der Waals surface area contributed by atoms with Crippen LogP contribution in [0.15, 0.2) is 53.4 Å². The van der Waals surface area contributed by atoms with Crippen LogP contribution in [0.3, 0.4) is 0 Å². The number of hydrogen-bond donors (Lipinski definition) is 2. The fourth-order valence-corrected chi connectivity index (χ4v) is 4.32. The van der Waals surface area contributed by atoms with Crippen molar-refractivity contribution in [2.45, 2.75) is 82.6 Å². The van der Waals surface area contributed by atoms with E-state index in [0.29, 0.717) is 0 Å². The first-order chi connectivity index (χ1) is 18.2. The van der Waals surface area contributed by atoms with Crippen LogP contribution in [0.2, 0.25) is 0 Å². The number of methoxy groups -OCH3 is 2. The number of nitrogens with one attached hydrogen (secondary N) is 1. The summed E-state index contributed by atoms with van der Waals surface area (Å²) in [5.74, 6) is -1.74. The fourth-order valence-electron chi connectivity index (χ4n) is 3.82. The normalized spacial score (nSPS) is 10.8. The van der Waals surface area contributed by atoms with Crippen LogP contribution in [-0.2, 0) is 26.1 Å². The minimum Gasteiger partial charge on any atom is -0.465 e. The molecular formula is C29H43NO7S. The number of ether oxygens (including phenoxy) is 2. The monoisotopic (exact) mass is 549 g/mol. The minimum absolute atomic E-state index is 0.156. The molecule has 2 aromatic carbocycles. The van der Waals surface area contributed by atoms with Crippen LogP contribution >= 0.6 is 0 Å². The van der Waals surface area contributed by atoms with Gasteiger partial charge < -0.3 is 14.8 Å². The largest absolute Gasteiger partial charge is 0.465 e. The molecule has 0 aliphatic rings. The first-order valence-electron chi connectivity index (χ1n) is 13.3. The highest BCUT2D eigenvalue weighted by Gasteiger charge is 2.22.